The van der Waals surface area contributed by atoms with E-state index in [2.05, 4.69) is 171 Å². The van der Waals surface area contributed by atoms with Crippen LogP contribution in [0.3, 0.4) is 0 Å². The van der Waals surface area contributed by atoms with Crippen LogP contribution < -0.4 is 18.1 Å². The third-order valence-corrected chi connectivity index (χ3v) is 14.2. The molecule has 4 aromatic rings. The summed E-state index contributed by atoms with van der Waals surface area (Å²) >= 11 is 0. The molecule has 0 spiro atoms. The predicted molar refractivity (Wildman–Crippen MR) is 294 cm³/mol. The van der Waals surface area contributed by atoms with Crippen LogP contribution in [0, 0.1) is 0 Å². The first kappa shape index (κ1) is 60.3. The van der Waals surface area contributed by atoms with Crippen molar-refractivity contribution in [2.24, 2.45) is 0 Å². The number of benzene rings is 4. The molecule has 0 bridgehead atoms. The minimum Gasteiger partial charge on any atom is -0.418 e. The zero-order chi connectivity index (χ0) is 52.3. The number of para-hydroxylation sites is 2. The quantitative estimate of drug-likeness (QED) is 0.0371. The van der Waals surface area contributed by atoms with Gasteiger partial charge in [0.1, 0.15) is 23.0 Å². The highest BCUT2D eigenvalue weighted by Crippen LogP contribution is 2.50. The molecule has 0 aliphatic rings. The minimum atomic E-state index is -1.86. The van der Waals surface area contributed by atoms with Gasteiger partial charge in [0.25, 0.3) is 0 Å². The molecule has 0 aliphatic heterocycles. The number of hydrogen-bond donors (Lipinski definition) is 0. The maximum Gasteiger partial charge on any atom is 0.463 e. The van der Waals surface area contributed by atoms with Gasteiger partial charge in [-0.25, -0.2) is 0 Å². The van der Waals surface area contributed by atoms with E-state index in [0.717, 1.165) is 83.8 Å². The van der Waals surface area contributed by atoms with Gasteiger partial charge >= 0.3 is 17.2 Å². The Labute approximate surface area is 432 Å². The topological polar surface area (TPSA) is 92.3 Å². The average molecular weight is 1020 g/mol. The van der Waals surface area contributed by atoms with E-state index in [9.17, 15) is 0 Å². The molecule has 396 valence electrons. The molecule has 0 radical (unpaired) electrons. The fourth-order valence-electron chi connectivity index (χ4n) is 7.61. The average Bonchev–Trinajstić information content (AvgIpc) is 3.29. The zero-order valence-electron chi connectivity index (χ0n) is 46.5. The number of hydrogen-bond acceptors (Lipinski definition) is 10. The van der Waals surface area contributed by atoms with Crippen molar-refractivity contribution in [1.29, 1.82) is 0 Å². The number of unbranched alkanes of at least 4 members (excludes halogenated alkanes) is 2. The van der Waals surface area contributed by atoms with Gasteiger partial charge in [0.2, 0.25) is 0 Å². The molecule has 0 aliphatic carbocycles. The molecule has 0 fully saturated rings. The molecule has 4 aromatic carbocycles. The summed E-state index contributed by atoms with van der Waals surface area (Å²) in [5.74, 6) is 2.91. The van der Waals surface area contributed by atoms with Crippen molar-refractivity contribution in [3.8, 4) is 23.0 Å². The monoisotopic (exact) mass is 1020 g/mol. The van der Waals surface area contributed by atoms with Gasteiger partial charge < -0.3 is 37.0 Å². The molecular weight excluding hydrogens is 931 g/mol. The summed E-state index contributed by atoms with van der Waals surface area (Å²) in [6.45, 7) is 40.2. The maximum absolute atomic E-state index is 6.84. The van der Waals surface area contributed by atoms with Crippen molar-refractivity contribution in [1.82, 2.24) is 0 Å². The smallest absolute Gasteiger partial charge is 0.418 e. The van der Waals surface area contributed by atoms with Crippen molar-refractivity contribution in [2.75, 3.05) is 66.1 Å². The second-order valence-corrected chi connectivity index (χ2v) is 24.8. The van der Waals surface area contributed by atoms with Crippen LogP contribution in [0.4, 0.5) is 0 Å². The van der Waals surface area contributed by atoms with Crippen molar-refractivity contribution in [2.45, 2.75) is 164 Å². The molecule has 0 aromatic heterocycles. The summed E-state index contributed by atoms with van der Waals surface area (Å²) < 4.78 is 62.7. The first-order chi connectivity index (χ1) is 33.5. The lowest BCUT2D eigenvalue weighted by Crippen LogP contribution is -2.20. The molecule has 71 heavy (non-hydrogen) atoms. The summed E-state index contributed by atoms with van der Waals surface area (Å²) in [5, 5.41) is 0. The molecule has 10 nitrogen and oxygen atoms in total. The molecule has 2 atom stereocenters. The third-order valence-electron chi connectivity index (χ3n) is 12.0. The molecular formula is C59H90O10P2. The van der Waals surface area contributed by atoms with Crippen LogP contribution in [0.1, 0.15) is 170 Å². The lowest BCUT2D eigenvalue weighted by Gasteiger charge is -2.31. The Morgan fingerprint density at radius 3 is 0.901 bits per heavy atom. The predicted octanol–water partition coefficient (Wildman–Crippen LogP) is 16.3. The fourth-order valence-corrected chi connectivity index (χ4v) is 9.62. The van der Waals surface area contributed by atoms with E-state index in [1.807, 2.05) is 24.3 Å². The van der Waals surface area contributed by atoms with Crippen LogP contribution in [0.25, 0.3) is 0 Å². The Morgan fingerprint density at radius 2 is 0.620 bits per heavy atom. The lowest BCUT2D eigenvalue weighted by atomic mass is 9.78. The molecule has 0 amide bonds. The normalized spacial score (nSPS) is 13.5. The summed E-state index contributed by atoms with van der Waals surface area (Å²) in [4.78, 5) is 0. The van der Waals surface area contributed by atoms with E-state index in [-0.39, 0.29) is 27.1 Å². The van der Waals surface area contributed by atoms with Gasteiger partial charge in [-0.2, -0.15) is 0 Å². The van der Waals surface area contributed by atoms with E-state index in [0.29, 0.717) is 64.4 Å². The zero-order valence-corrected chi connectivity index (χ0v) is 48.2. The number of ether oxygens (including phenoxy) is 4. The Kier molecular flexibility index (Phi) is 24.1. The Balaban J connectivity index is 1.53. The van der Waals surface area contributed by atoms with Crippen molar-refractivity contribution in [3.05, 3.63) is 118 Å². The molecule has 12 heteroatoms. The second kappa shape index (κ2) is 28.4. The maximum atomic E-state index is 6.84. The summed E-state index contributed by atoms with van der Waals surface area (Å²) in [5.41, 5.74) is 5.57. The van der Waals surface area contributed by atoms with Gasteiger partial charge in [-0.3, -0.25) is 9.05 Å². The van der Waals surface area contributed by atoms with E-state index >= 15 is 0 Å². The minimum absolute atomic E-state index is 0.173. The van der Waals surface area contributed by atoms with Crippen LogP contribution in [0.5, 0.6) is 23.0 Å². The molecule has 4 rings (SSSR count). The van der Waals surface area contributed by atoms with Gasteiger partial charge in [-0.05, 0) is 69.9 Å². The second-order valence-electron chi connectivity index (χ2n) is 22.7. The highest BCUT2D eigenvalue weighted by Gasteiger charge is 2.33. The highest BCUT2D eigenvalue weighted by molar-refractivity contribution is 7.42. The number of rotatable bonds is 30. The Hall–Kier alpha value is -3.30. The van der Waals surface area contributed by atoms with Crippen molar-refractivity contribution >= 4 is 17.2 Å². The van der Waals surface area contributed by atoms with Gasteiger partial charge in [0, 0.05) is 40.9 Å². The molecule has 0 N–H and O–H groups in total. The SMILES string of the molecule is CCCCOCCOCCOP(Oc1ccc(C(C)(C)c2ccc(OP(OCCOCCOCCCC)Oc3c(C(C)(C)C)cccc3C(C)(C)C)cc2)cc1)Oc1c(C(C)(C)C)cccc1C(C)(C)C. The van der Waals surface area contributed by atoms with Crippen LogP contribution in [0.15, 0.2) is 84.9 Å². The molecule has 0 saturated heterocycles. The first-order valence-corrected chi connectivity index (χ1v) is 28.0. The summed E-state index contributed by atoms with van der Waals surface area (Å²) in [6.07, 6.45) is 4.30. The summed E-state index contributed by atoms with van der Waals surface area (Å²) in [6, 6.07) is 29.2. The molecule has 0 heterocycles. The van der Waals surface area contributed by atoms with E-state index in [1.54, 1.807) is 0 Å². The molecule has 2 unspecified atom stereocenters. The van der Waals surface area contributed by atoms with E-state index in [1.165, 1.54) is 0 Å². The fraction of sp³-hybridized carbons (Fsp3) is 0.593. The Bertz CT molecular complexity index is 1920. The van der Waals surface area contributed by atoms with Crippen LogP contribution in [-0.2, 0) is 55.1 Å². The van der Waals surface area contributed by atoms with Crippen molar-refractivity contribution < 1.29 is 46.1 Å². The highest BCUT2D eigenvalue weighted by atomic mass is 31.2. The van der Waals surface area contributed by atoms with Gasteiger partial charge in [0.05, 0.1) is 52.9 Å². The standard InChI is InChI=1S/C59H90O10P2/c1-17-19-35-60-37-39-62-41-43-64-70(68-53-49(55(3,4)5)23-21-24-50(53)56(6,7)8)66-47-31-27-45(28-32-47)59(15,16)46-29-33-48(34-30-46)67-71(65-44-42-63-40-38-61-36-20-18-2)69-54-51(57(9,10)11)25-22-26-52(54)58(12,13)14/h21-34H,17-20,35-44H2,1-16H3. The van der Waals surface area contributed by atoms with Crippen molar-refractivity contribution in [3.63, 3.8) is 0 Å². The molecule has 0 saturated carbocycles. The van der Waals surface area contributed by atoms with E-state index < -0.39 is 17.2 Å². The Morgan fingerprint density at radius 1 is 0.338 bits per heavy atom. The van der Waals surface area contributed by atoms with Crippen LogP contribution >= 0.6 is 17.2 Å². The third kappa shape index (κ3) is 19.8. The van der Waals surface area contributed by atoms with Gasteiger partial charge in [-0.1, -0.05) is 184 Å². The van der Waals surface area contributed by atoms with E-state index in [4.69, 9.17) is 46.1 Å². The largest absolute Gasteiger partial charge is 0.463 e. The first-order valence-electron chi connectivity index (χ1n) is 25.8. The van der Waals surface area contributed by atoms with Crippen LogP contribution in [-0.4, -0.2) is 66.1 Å². The van der Waals surface area contributed by atoms with Gasteiger partial charge in [-0.15, -0.1) is 0 Å². The summed E-state index contributed by atoms with van der Waals surface area (Å²) in [7, 11) is -3.73. The van der Waals surface area contributed by atoms with Crippen LogP contribution in [0.2, 0.25) is 0 Å². The van der Waals surface area contributed by atoms with Gasteiger partial charge in [0.15, 0.2) is 0 Å². The lowest BCUT2D eigenvalue weighted by molar-refractivity contribution is 0.0345.